The zero-order valence-electron chi connectivity index (χ0n) is 5.46. The summed E-state index contributed by atoms with van der Waals surface area (Å²) in [6.45, 7) is 1.78. The lowest BCUT2D eigenvalue weighted by Gasteiger charge is -1.79. The highest BCUT2D eigenvalue weighted by Crippen LogP contribution is 2.05. The molecule has 0 saturated heterocycles. The van der Waals surface area contributed by atoms with Gasteiger partial charge >= 0.3 is 0 Å². The molecule has 1 aromatic rings. The van der Waals surface area contributed by atoms with Gasteiger partial charge in [-0.25, -0.2) is 0 Å². The average Bonchev–Trinajstić information content (AvgIpc) is 2.34. The van der Waals surface area contributed by atoms with Gasteiger partial charge in [-0.1, -0.05) is 0 Å². The van der Waals surface area contributed by atoms with Gasteiger partial charge < -0.3 is 4.42 Å². The molecule has 0 atom stereocenters. The number of ketones is 1. The highest BCUT2D eigenvalue weighted by molar-refractivity contribution is 6.32. The molecule has 0 saturated carbocycles. The number of furan rings is 1. The molecule has 3 nitrogen and oxygen atoms in total. The van der Waals surface area contributed by atoms with Crippen molar-refractivity contribution in [3.05, 3.63) is 23.7 Å². The van der Waals surface area contributed by atoms with Gasteiger partial charge in [-0.05, 0) is 18.6 Å². The third-order valence-corrected chi connectivity index (χ3v) is 1.08. The molecule has 0 fully saturated rings. The van der Waals surface area contributed by atoms with Crippen molar-refractivity contribution in [2.24, 2.45) is 0 Å². The quantitative estimate of drug-likeness (QED) is 0.347. The third kappa shape index (κ3) is 1.13. The molecule has 0 bridgehead atoms. The van der Waals surface area contributed by atoms with E-state index < -0.39 is 5.78 Å². The van der Waals surface area contributed by atoms with Gasteiger partial charge in [0, 0.05) is 0 Å². The maximum absolute atomic E-state index is 10.6. The molecule has 1 heterocycles. The number of aryl methyl sites for hydroxylation is 1. The summed E-state index contributed by atoms with van der Waals surface area (Å²) in [6, 6.07) is 1.52. The topological polar surface area (TPSA) is 47.3 Å². The Morgan fingerprint density at radius 2 is 2.40 bits per heavy atom. The molecule has 0 aliphatic carbocycles. The number of carbonyl (C=O) groups excluding carboxylic acids is 2. The average molecular weight is 138 g/mol. The molecule has 0 aromatic carbocycles. The first kappa shape index (κ1) is 6.74. The molecule has 0 unspecified atom stereocenters. The first-order valence-electron chi connectivity index (χ1n) is 2.78. The molecule has 0 aliphatic rings. The Bertz CT molecular complexity index is 260. The first-order chi connectivity index (χ1) is 4.74. The van der Waals surface area contributed by atoms with Crippen LogP contribution in [-0.2, 0) is 4.79 Å². The number of rotatable bonds is 2. The van der Waals surface area contributed by atoms with E-state index in [4.69, 9.17) is 4.42 Å². The fourth-order valence-electron chi connectivity index (χ4n) is 0.619. The van der Waals surface area contributed by atoms with Crippen molar-refractivity contribution >= 4 is 12.1 Å². The predicted octanol–water partition coefficient (Wildman–Crippen LogP) is 0.970. The van der Waals surface area contributed by atoms with Crippen molar-refractivity contribution < 1.29 is 14.0 Å². The number of hydrogen-bond acceptors (Lipinski definition) is 3. The Morgan fingerprint density at radius 3 is 2.80 bits per heavy atom. The second kappa shape index (κ2) is 2.47. The monoisotopic (exact) mass is 138 g/mol. The lowest BCUT2D eigenvalue weighted by atomic mass is 10.3. The zero-order chi connectivity index (χ0) is 7.56. The second-order valence-corrected chi connectivity index (χ2v) is 1.97. The van der Waals surface area contributed by atoms with Crippen molar-refractivity contribution in [1.29, 1.82) is 0 Å². The second-order valence-electron chi connectivity index (χ2n) is 1.97. The van der Waals surface area contributed by atoms with Gasteiger partial charge in [-0.2, -0.15) is 0 Å². The summed E-state index contributed by atoms with van der Waals surface area (Å²) in [4.78, 5) is 20.5. The molecule has 52 valence electrons. The Hall–Kier alpha value is -1.38. The van der Waals surface area contributed by atoms with Crippen LogP contribution in [0.2, 0.25) is 0 Å². The summed E-state index contributed by atoms with van der Waals surface area (Å²) in [5.74, 6) is -0.513. The van der Waals surface area contributed by atoms with Crippen molar-refractivity contribution in [3.8, 4) is 0 Å². The van der Waals surface area contributed by atoms with Crippen LogP contribution in [0.1, 0.15) is 16.1 Å². The molecule has 0 aliphatic heterocycles. The van der Waals surface area contributed by atoms with E-state index in [2.05, 4.69) is 0 Å². The molecule has 0 N–H and O–H groups in total. The van der Waals surface area contributed by atoms with E-state index in [9.17, 15) is 9.59 Å². The van der Waals surface area contributed by atoms with E-state index in [-0.39, 0.29) is 12.0 Å². The standard InChI is InChI=1S/C7H6O3/c1-5-2-7(10-4-5)6(9)3-8/h2-4H,1H3. The highest BCUT2D eigenvalue weighted by atomic mass is 16.3. The van der Waals surface area contributed by atoms with Gasteiger partial charge in [0.1, 0.15) is 0 Å². The van der Waals surface area contributed by atoms with Gasteiger partial charge in [-0.3, -0.25) is 9.59 Å². The SMILES string of the molecule is Cc1coc(C(=O)C=O)c1. The minimum atomic E-state index is -0.617. The van der Waals surface area contributed by atoms with Crippen LogP contribution < -0.4 is 0 Å². The Morgan fingerprint density at radius 1 is 1.70 bits per heavy atom. The van der Waals surface area contributed by atoms with E-state index in [1.807, 2.05) is 0 Å². The van der Waals surface area contributed by atoms with Crippen molar-refractivity contribution in [3.63, 3.8) is 0 Å². The third-order valence-electron chi connectivity index (χ3n) is 1.08. The number of carbonyl (C=O) groups is 2. The summed E-state index contributed by atoms with van der Waals surface area (Å²) in [5.41, 5.74) is 0.838. The molecular formula is C7H6O3. The minimum Gasteiger partial charge on any atom is -0.460 e. The van der Waals surface area contributed by atoms with Crippen molar-refractivity contribution in [2.75, 3.05) is 0 Å². The van der Waals surface area contributed by atoms with E-state index in [0.29, 0.717) is 0 Å². The van der Waals surface area contributed by atoms with E-state index in [0.717, 1.165) is 5.56 Å². The maximum atomic E-state index is 10.6. The van der Waals surface area contributed by atoms with E-state index in [1.54, 1.807) is 6.92 Å². The Kier molecular flexibility index (Phi) is 1.67. The number of hydrogen-bond donors (Lipinski definition) is 0. The normalized spacial score (nSPS) is 9.30. The smallest absolute Gasteiger partial charge is 0.260 e. The van der Waals surface area contributed by atoms with Crippen LogP contribution in [0.25, 0.3) is 0 Å². The van der Waals surface area contributed by atoms with Crippen molar-refractivity contribution in [1.82, 2.24) is 0 Å². The molecular weight excluding hydrogens is 132 g/mol. The Balaban J connectivity index is 2.95. The van der Waals surface area contributed by atoms with Crippen LogP contribution in [0.3, 0.4) is 0 Å². The van der Waals surface area contributed by atoms with Crippen LogP contribution in [-0.4, -0.2) is 12.1 Å². The number of aldehydes is 1. The van der Waals surface area contributed by atoms with E-state index >= 15 is 0 Å². The van der Waals surface area contributed by atoms with Gasteiger partial charge in [-0.15, -0.1) is 0 Å². The summed E-state index contributed by atoms with van der Waals surface area (Å²) >= 11 is 0. The lowest BCUT2D eigenvalue weighted by Crippen LogP contribution is -1.96. The summed E-state index contributed by atoms with van der Waals surface area (Å²) in [5, 5.41) is 0. The number of Topliss-reactive ketones (excluding diaryl/α,β-unsaturated/α-hetero) is 1. The molecule has 10 heavy (non-hydrogen) atoms. The zero-order valence-corrected chi connectivity index (χ0v) is 5.46. The fourth-order valence-corrected chi connectivity index (χ4v) is 0.619. The van der Waals surface area contributed by atoms with Crippen LogP contribution in [0, 0.1) is 6.92 Å². The maximum Gasteiger partial charge on any atom is 0.260 e. The Labute approximate surface area is 57.6 Å². The van der Waals surface area contributed by atoms with Gasteiger partial charge in [0.25, 0.3) is 5.78 Å². The van der Waals surface area contributed by atoms with Crippen molar-refractivity contribution in [2.45, 2.75) is 6.92 Å². The molecule has 3 heteroatoms. The van der Waals surface area contributed by atoms with Gasteiger partial charge in [0.05, 0.1) is 6.26 Å². The predicted molar refractivity (Wildman–Crippen MR) is 33.8 cm³/mol. The molecule has 0 amide bonds. The minimum absolute atomic E-state index is 0.104. The van der Waals surface area contributed by atoms with Crippen LogP contribution in [0.4, 0.5) is 0 Å². The molecule has 0 spiro atoms. The largest absolute Gasteiger partial charge is 0.460 e. The first-order valence-corrected chi connectivity index (χ1v) is 2.78. The molecule has 1 aromatic heterocycles. The summed E-state index contributed by atoms with van der Waals surface area (Å²) in [6.07, 6.45) is 1.66. The highest BCUT2D eigenvalue weighted by Gasteiger charge is 2.06. The van der Waals surface area contributed by atoms with Gasteiger partial charge in [0.2, 0.25) is 0 Å². The lowest BCUT2D eigenvalue weighted by molar-refractivity contribution is -0.104. The summed E-state index contributed by atoms with van der Waals surface area (Å²) < 4.78 is 4.74. The fraction of sp³-hybridized carbons (Fsp3) is 0.143. The van der Waals surface area contributed by atoms with Crippen LogP contribution in [0.15, 0.2) is 16.7 Å². The van der Waals surface area contributed by atoms with Gasteiger partial charge in [0.15, 0.2) is 12.0 Å². The van der Waals surface area contributed by atoms with Crippen LogP contribution in [0.5, 0.6) is 0 Å². The molecule has 1 rings (SSSR count). The van der Waals surface area contributed by atoms with E-state index in [1.165, 1.54) is 12.3 Å². The van der Waals surface area contributed by atoms with Crippen LogP contribution >= 0.6 is 0 Å². The summed E-state index contributed by atoms with van der Waals surface area (Å²) in [7, 11) is 0. The molecule has 0 radical (unpaired) electrons.